The van der Waals surface area contributed by atoms with Gasteiger partial charge in [-0.1, -0.05) is 5.16 Å². The van der Waals surface area contributed by atoms with Gasteiger partial charge in [0.1, 0.15) is 27.7 Å². The van der Waals surface area contributed by atoms with Gasteiger partial charge < -0.3 is 19.4 Å². The fourth-order valence-electron chi connectivity index (χ4n) is 4.46. The van der Waals surface area contributed by atoms with Crippen molar-refractivity contribution in [1.29, 1.82) is 0 Å². The molecular formula is C26H30FN5O4S. The van der Waals surface area contributed by atoms with Crippen LogP contribution in [0.5, 0.6) is 0 Å². The maximum absolute atomic E-state index is 15.3. The lowest BCUT2D eigenvalue weighted by atomic mass is 10.1. The average molecular weight is 528 g/mol. The maximum atomic E-state index is 15.3. The first kappa shape index (κ1) is 25.3. The number of oxime groups is 1. The van der Waals surface area contributed by atoms with E-state index in [1.165, 1.54) is 23.6 Å². The van der Waals surface area contributed by atoms with Gasteiger partial charge >= 0.3 is 5.97 Å². The van der Waals surface area contributed by atoms with Gasteiger partial charge in [0.2, 0.25) is 5.43 Å². The van der Waals surface area contributed by atoms with Crippen molar-refractivity contribution in [3.05, 3.63) is 56.5 Å². The van der Waals surface area contributed by atoms with Gasteiger partial charge in [0.15, 0.2) is 0 Å². The van der Waals surface area contributed by atoms with E-state index >= 15 is 4.39 Å². The molecule has 0 bridgehead atoms. The number of halogens is 1. The number of piperazine rings is 1. The number of aromatic nitrogens is 2. The van der Waals surface area contributed by atoms with Crippen molar-refractivity contribution in [3.63, 3.8) is 0 Å². The first-order valence-corrected chi connectivity index (χ1v) is 13.2. The number of fused-ring (bicyclic) bond motifs is 1. The predicted octanol–water partition coefficient (Wildman–Crippen LogP) is 3.97. The third-order valence-electron chi connectivity index (χ3n) is 6.47. The number of aromatic carboxylic acids is 1. The van der Waals surface area contributed by atoms with Crippen molar-refractivity contribution in [2.75, 3.05) is 37.6 Å². The molecule has 0 spiro atoms. The first-order chi connectivity index (χ1) is 17.6. The van der Waals surface area contributed by atoms with E-state index in [1.807, 2.05) is 35.6 Å². The van der Waals surface area contributed by atoms with E-state index in [4.69, 9.17) is 4.84 Å². The highest BCUT2D eigenvalue weighted by atomic mass is 32.1. The number of anilines is 1. The van der Waals surface area contributed by atoms with Gasteiger partial charge in [0, 0.05) is 61.9 Å². The fraction of sp³-hybridized carbons (Fsp3) is 0.462. The summed E-state index contributed by atoms with van der Waals surface area (Å²) in [6.07, 6.45) is 4.96. The number of carboxylic acids is 1. The Bertz CT molecular complexity index is 1400. The molecule has 11 heteroatoms. The van der Waals surface area contributed by atoms with Crippen LogP contribution >= 0.6 is 11.3 Å². The number of rotatable bonds is 7. The molecule has 2 aliphatic rings. The van der Waals surface area contributed by atoms with Gasteiger partial charge in [0.05, 0.1) is 11.2 Å². The third-order valence-corrected chi connectivity index (χ3v) is 7.29. The van der Waals surface area contributed by atoms with Crippen LogP contribution in [0.3, 0.4) is 0 Å². The summed E-state index contributed by atoms with van der Waals surface area (Å²) in [5.41, 5.74) is 0.372. The normalized spacial score (nSPS) is 17.4. The molecule has 0 radical (unpaired) electrons. The number of benzene rings is 1. The first-order valence-electron chi connectivity index (χ1n) is 12.3. The highest BCUT2D eigenvalue weighted by Crippen LogP contribution is 2.38. The monoisotopic (exact) mass is 527 g/mol. The molecule has 196 valence electrons. The molecule has 1 aliphatic heterocycles. The molecule has 1 saturated carbocycles. The molecule has 1 aromatic carbocycles. The Hall–Kier alpha value is -3.31. The van der Waals surface area contributed by atoms with Gasteiger partial charge in [-0.3, -0.25) is 9.69 Å². The van der Waals surface area contributed by atoms with Crippen molar-refractivity contribution < 1.29 is 19.1 Å². The molecule has 3 aromatic rings. The molecule has 1 saturated heterocycles. The number of carbonyl (C=O) groups is 1. The molecule has 0 unspecified atom stereocenters. The number of hydrogen-bond donors (Lipinski definition) is 1. The van der Waals surface area contributed by atoms with Crippen LogP contribution in [-0.2, 0) is 4.84 Å². The molecule has 2 fully saturated rings. The summed E-state index contributed by atoms with van der Waals surface area (Å²) >= 11 is 1.51. The van der Waals surface area contributed by atoms with E-state index < -0.39 is 22.8 Å². The van der Waals surface area contributed by atoms with Crippen LogP contribution in [0.25, 0.3) is 10.9 Å². The van der Waals surface area contributed by atoms with Gasteiger partial charge in [-0.05, 0) is 45.7 Å². The molecule has 1 N–H and O–H groups in total. The second-order valence-electron chi connectivity index (χ2n) is 10.5. The minimum Gasteiger partial charge on any atom is -0.477 e. The van der Waals surface area contributed by atoms with E-state index in [0.717, 1.165) is 23.6 Å². The number of pyridine rings is 1. The average Bonchev–Trinajstić information content (AvgIpc) is 3.54. The highest BCUT2D eigenvalue weighted by Gasteiger charge is 2.29. The summed E-state index contributed by atoms with van der Waals surface area (Å²) in [4.78, 5) is 38.6. The van der Waals surface area contributed by atoms with Crippen LogP contribution in [0.1, 0.15) is 55.0 Å². The standard InChI is InChI=1S/C26H30FN5O4S/c1-26(2,3)36-29-20(24-28-6-11-37-24)15-30-7-9-31(10-8-30)22-13-21-17(12-19(22)27)23(33)18(25(34)35)14-32(21)16-4-5-16/h6,11-14,16H,4-5,7-10,15H2,1-3H3,(H,34,35)/b29-20+. The Kier molecular flexibility index (Phi) is 6.76. The SMILES string of the molecule is CC(C)(C)O/N=C(\CN1CCN(c2cc3c(cc2F)c(=O)c(C(=O)O)cn3C2CC2)CC1)c1nccs1. The molecule has 2 aromatic heterocycles. The van der Waals surface area contributed by atoms with Crippen LogP contribution in [0, 0.1) is 5.82 Å². The third kappa shape index (κ3) is 5.52. The zero-order chi connectivity index (χ0) is 26.3. The van der Waals surface area contributed by atoms with Crippen molar-refractivity contribution in [2.24, 2.45) is 5.16 Å². The fourth-order valence-corrected chi connectivity index (χ4v) is 5.07. The molecule has 0 atom stereocenters. The van der Waals surface area contributed by atoms with E-state index in [1.54, 1.807) is 12.3 Å². The van der Waals surface area contributed by atoms with Crippen molar-refractivity contribution in [1.82, 2.24) is 14.5 Å². The van der Waals surface area contributed by atoms with Crippen LogP contribution < -0.4 is 10.3 Å². The Morgan fingerprint density at radius 2 is 1.97 bits per heavy atom. The van der Waals surface area contributed by atoms with E-state index in [-0.39, 0.29) is 17.0 Å². The summed E-state index contributed by atoms with van der Waals surface area (Å²) in [5.74, 6) is -1.82. The lowest BCUT2D eigenvalue weighted by Crippen LogP contribution is -2.48. The van der Waals surface area contributed by atoms with Crippen LogP contribution in [-0.4, -0.2) is 69.6 Å². The largest absolute Gasteiger partial charge is 0.477 e. The lowest BCUT2D eigenvalue weighted by molar-refractivity contribution is 0.000402. The van der Waals surface area contributed by atoms with E-state index in [0.29, 0.717) is 43.9 Å². The van der Waals surface area contributed by atoms with Crippen molar-refractivity contribution >= 4 is 39.6 Å². The molecule has 0 amide bonds. The Labute approximate surface area is 217 Å². The lowest BCUT2D eigenvalue weighted by Gasteiger charge is -2.36. The molecular weight excluding hydrogens is 497 g/mol. The zero-order valence-corrected chi connectivity index (χ0v) is 21.9. The number of thiazole rings is 1. The predicted molar refractivity (Wildman–Crippen MR) is 142 cm³/mol. The van der Waals surface area contributed by atoms with Crippen LogP contribution in [0.2, 0.25) is 0 Å². The molecule has 9 nitrogen and oxygen atoms in total. The van der Waals surface area contributed by atoms with Gasteiger partial charge in [-0.25, -0.2) is 14.2 Å². The minimum absolute atomic E-state index is 0.106. The minimum atomic E-state index is -1.30. The van der Waals surface area contributed by atoms with E-state index in [9.17, 15) is 14.7 Å². The van der Waals surface area contributed by atoms with Crippen molar-refractivity contribution in [3.8, 4) is 0 Å². The number of carboxylic acid groups (broad SMARTS) is 1. The van der Waals surface area contributed by atoms with Crippen LogP contribution in [0.15, 0.2) is 39.9 Å². The van der Waals surface area contributed by atoms with E-state index in [2.05, 4.69) is 15.0 Å². The molecule has 5 rings (SSSR count). The summed E-state index contributed by atoms with van der Waals surface area (Å²) < 4.78 is 17.1. The van der Waals surface area contributed by atoms with Crippen molar-refractivity contribution in [2.45, 2.75) is 45.3 Å². The Morgan fingerprint density at radius 1 is 1.24 bits per heavy atom. The second kappa shape index (κ2) is 9.86. The summed E-state index contributed by atoms with van der Waals surface area (Å²) in [6, 6.07) is 3.03. The quantitative estimate of drug-likeness (QED) is 0.367. The summed E-state index contributed by atoms with van der Waals surface area (Å²) in [6.45, 7) is 8.95. The summed E-state index contributed by atoms with van der Waals surface area (Å²) in [7, 11) is 0. The number of nitrogens with zero attached hydrogens (tertiary/aromatic N) is 5. The topological polar surface area (TPSA) is 100 Å². The van der Waals surface area contributed by atoms with Crippen LogP contribution in [0.4, 0.5) is 10.1 Å². The van der Waals surface area contributed by atoms with Gasteiger partial charge in [-0.2, -0.15) is 0 Å². The Balaban J connectivity index is 1.36. The smallest absolute Gasteiger partial charge is 0.341 e. The molecule has 37 heavy (non-hydrogen) atoms. The van der Waals surface area contributed by atoms with Gasteiger partial charge in [0.25, 0.3) is 0 Å². The maximum Gasteiger partial charge on any atom is 0.341 e. The number of hydrogen-bond acceptors (Lipinski definition) is 8. The molecule has 1 aliphatic carbocycles. The van der Waals surface area contributed by atoms with Gasteiger partial charge in [-0.15, -0.1) is 11.3 Å². The zero-order valence-electron chi connectivity index (χ0n) is 21.1. The summed E-state index contributed by atoms with van der Waals surface area (Å²) in [5, 5.41) is 16.7. The second-order valence-corrected chi connectivity index (χ2v) is 11.4. The molecule has 3 heterocycles. The Morgan fingerprint density at radius 3 is 2.57 bits per heavy atom. The highest BCUT2D eigenvalue weighted by molar-refractivity contribution is 7.11.